The highest BCUT2D eigenvalue weighted by Gasteiger charge is 2.41. The zero-order chi connectivity index (χ0) is 23.3. The Morgan fingerprint density at radius 2 is 1.79 bits per heavy atom. The Labute approximate surface area is 198 Å². The number of hydrogen-bond acceptors (Lipinski definition) is 4. The first-order valence-corrected chi connectivity index (χ1v) is 11.4. The van der Waals surface area contributed by atoms with E-state index in [-0.39, 0.29) is 18.4 Å². The number of halogens is 1. The Kier molecular flexibility index (Phi) is 5.17. The number of nitrogens with one attached hydrogen (secondary N) is 1. The molecule has 3 aromatic rings. The first-order chi connectivity index (χ1) is 15.7. The quantitative estimate of drug-likeness (QED) is 0.452. The predicted molar refractivity (Wildman–Crippen MR) is 130 cm³/mol. The van der Waals surface area contributed by atoms with Gasteiger partial charge in [-0.1, -0.05) is 54.1 Å². The minimum Gasteiger partial charge on any atom is -0.443 e. The van der Waals surface area contributed by atoms with Gasteiger partial charge in [0.15, 0.2) is 0 Å². The second kappa shape index (κ2) is 7.92. The van der Waals surface area contributed by atoms with Crippen LogP contribution in [0.4, 0.5) is 10.5 Å². The van der Waals surface area contributed by atoms with Gasteiger partial charge < -0.3 is 10.1 Å². The lowest BCUT2D eigenvalue weighted by molar-refractivity contribution is -0.127. The van der Waals surface area contributed by atoms with Gasteiger partial charge in [-0.15, -0.1) is 0 Å². The Hall–Kier alpha value is -3.31. The van der Waals surface area contributed by atoms with E-state index in [4.69, 9.17) is 16.3 Å². The van der Waals surface area contributed by atoms with Crippen LogP contribution in [0.25, 0.3) is 10.8 Å². The summed E-state index contributed by atoms with van der Waals surface area (Å²) in [6.45, 7) is 5.66. The zero-order valence-electron chi connectivity index (χ0n) is 18.8. The van der Waals surface area contributed by atoms with Crippen LogP contribution >= 0.6 is 11.6 Å². The lowest BCUT2D eigenvalue weighted by Crippen LogP contribution is -2.47. The first-order valence-electron chi connectivity index (χ1n) is 11.0. The number of ether oxygens (including phenoxy) is 1. The molecular formula is C27H25ClN2O3. The van der Waals surface area contributed by atoms with Gasteiger partial charge in [-0.05, 0) is 60.9 Å². The number of rotatable bonds is 1. The number of benzene rings is 3. The highest BCUT2D eigenvalue weighted by molar-refractivity contribution is 6.30. The van der Waals surface area contributed by atoms with Crippen molar-refractivity contribution >= 4 is 40.1 Å². The predicted octanol–water partition coefficient (Wildman–Crippen LogP) is 6.47. The average molecular weight is 461 g/mol. The molecule has 168 valence electrons. The van der Waals surface area contributed by atoms with Crippen molar-refractivity contribution in [2.75, 3.05) is 11.9 Å². The van der Waals surface area contributed by atoms with Gasteiger partial charge in [-0.25, -0.2) is 9.69 Å². The maximum Gasteiger partial charge on any atom is 0.417 e. The van der Waals surface area contributed by atoms with E-state index >= 15 is 0 Å². The molecule has 5 nitrogen and oxygen atoms in total. The van der Waals surface area contributed by atoms with Crippen LogP contribution < -0.4 is 5.32 Å². The summed E-state index contributed by atoms with van der Waals surface area (Å²) in [5.41, 5.74) is 3.69. The monoisotopic (exact) mass is 460 g/mol. The van der Waals surface area contributed by atoms with E-state index in [1.807, 2.05) is 36.4 Å². The number of hydrogen-bond donors (Lipinski definition) is 1. The van der Waals surface area contributed by atoms with Crippen molar-refractivity contribution in [2.24, 2.45) is 0 Å². The van der Waals surface area contributed by atoms with E-state index in [9.17, 15) is 9.59 Å². The molecule has 0 saturated heterocycles. The fourth-order valence-electron chi connectivity index (χ4n) is 4.66. The minimum absolute atomic E-state index is 0.274. The third kappa shape index (κ3) is 3.87. The second-order valence-electron chi connectivity index (χ2n) is 9.44. The van der Waals surface area contributed by atoms with E-state index in [2.05, 4.69) is 29.6 Å². The van der Waals surface area contributed by atoms with Gasteiger partial charge in [-0.2, -0.15) is 0 Å². The number of carbonyl (C=O) groups is 2. The topological polar surface area (TPSA) is 58.6 Å². The zero-order valence-corrected chi connectivity index (χ0v) is 19.6. The van der Waals surface area contributed by atoms with Crippen LogP contribution in [0.15, 0.2) is 71.9 Å². The molecule has 0 radical (unpaired) electrons. The van der Waals surface area contributed by atoms with Crippen LogP contribution in [0.3, 0.4) is 0 Å². The van der Waals surface area contributed by atoms with Gasteiger partial charge in [0.2, 0.25) is 0 Å². The number of amides is 2. The van der Waals surface area contributed by atoms with Crippen molar-refractivity contribution in [2.45, 2.75) is 38.7 Å². The van der Waals surface area contributed by atoms with Gasteiger partial charge in [0.1, 0.15) is 5.60 Å². The molecule has 2 heterocycles. The van der Waals surface area contributed by atoms with Crippen molar-refractivity contribution in [1.82, 2.24) is 4.90 Å². The van der Waals surface area contributed by atoms with Gasteiger partial charge in [-0.3, -0.25) is 4.79 Å². The molecule has 0 bridgehead atoms. The normalized spacial score (nSPS) is 18.0. The summed E-state index contributed by atoms with van der Waals surface area (Å²) in [5, 5.41) is 6.28. The molecule has 0 saturated carbocycles. The van der Waals surface area contributed by atoms with E-state index in [1.165, 1.54) is 4.90 Å². The van der Waals surface area contributed by atoms with Crippen LogP contribution in [-0.2, 0) is 9.53 Å². The molecule has 0 aliphatic carbocycles. The van der Waals surface area contributed by atoms with Crippen molar-refractivity contribution in [3.63, 3.8) is 0 Å². The van der Waals surface area contributed by atoms with Gasteiger partial charge in [0.25, 0.3) is 5.91 Å². The molecule has 2 aliphatic rings. The molecule has 0 aromatic heterocycles. The number of anilines is 1. The summed E-state index contributed by atoms with van der Waals surface area (Å²) in [6.07, 6.45) is -0.0749. The van der Waals surface area contributed by atoms with Gasteiger partial charge in [0.05, 0.1) is 0 Å². The summed E-state index contributed by atoms with van der Waals surface area (Å²) in [5.74, 6) is -0.658. The molecule has 2 aliphatic heterocycles. The first kappa shape index (κ1) is 21.5. The fraction of sp³-hybridized carbons (Fsp3) is 0.259. The van der Waals surface area contributed by atoms with Gasteiger partial charge >= 0.3 is 6.09 Å². The number of imide groups is 1. The molecule has 3 aromatic carbocycles. The Morgan fingerprint density at radius 3 is 2.52 bits per heavy atom. The fourth-order valence-corrected chi connectivity index (χ4v) is 4.79. The van der Waals surface area contributed by atoms with E-state index in [0.717, 1.165) is 33.3 Å². The maximum atomic E-state index is 13.8. The van der Waals surface area contributed by atoms with Crippen LogP contribution in [0, 0.1) is 0 Å². The lowest BCUT2D eigenvalue weighted by Gasteiger charge is -2.38. The smallest absolute Gasteiger partial charge is 0.417 e. The van der Waals surface area contributed by atoms with Crippen LogP contribution in [0.2, 0.25) is 5.02 Å². The molecule has 33 heavy (non-hydrogen) atoms. The minimum atomic E-state index is -0.685. The third-order valence-corrected chi connectivity index (χ3v) is 6.29. The molecule has 2 amide bonds. The summed E-state index contributed by atoms with van der Waals surface area (Å²) in [7, 11) is 0. The summed E-state index contributed by atoms with van der Waals surface area (Å²) in [4.78, 5) is 27.9. The molecule has 6 heteroatoms. The summed E-state index contributed by atoms with van der Waals surface area (Å²) < 4.78 is 5.53. The van der Waals surface area contributed by atoms with E-state index in [0.29, 0.717) is 17.0 Å². The number of nitrogens with zero attached hydrogens (tertiary/aromatic N) is 1. The Morgan fingerprint density at radius 1 is 1.06 bits per heavy atom. The largest absolute Gasteiger partial charge is 0.443 e. The summed E-state index contributed by atoms with van der Waals surface area (Å²) in [6, 6.07) is 19.9. The molecule has 1 atom stereocenters. The van der Waals surface area contributed by atoms with Crippen molar-refractivity contribution in [3.05, 3.63) is 88.1 Å². The second-order valence-corrected chi connectivity index (χ2v) is 9.87. The molecular weight excluding hydrogens is 436 g/mol. The molecule has 5 rings (SSSR count). The van der Waals surface area contributed by atoms with E-state index in [1.54, 1.807) is 20.8 Å². The molecule has 0 fully saturated rings. The lowest BCUT2D eigenvalue weighted by atomic mass is 9.76. The van der Waals surface area contributed by atoms with Crippen molar-refractivity contribution in [1.29, 1.82) is 0 Å². The third-order valence-electron chi connectivity index (χ3n) is 6.04. The average Bonchev–Trinajstić information content (AvgIpc) is 2.77. The highest BCUT2D eigenvalue weighted by atomic mass is 35.5. The maximum absolute atomic E-state index is 13.8. The van der Waals surface area contributed by atoms with Gasteiger partial charge in [0, 0.05) is 40.9 Å². The summed E-state index contributed by atoms with van der Waals surface area (Å²) >= 11 is 6.18. The Balaban J connectivity index is 1.68. The van der Waals surface area contributed by atoms with Crippen LogP contribution in [0.1, 0.15) is 44.2 Å². The van der Waals surface area contributed by atoms with Crippen LogP contribution in [0.5, 0.6) is 0 Å². The number of carbonyl (C=O) groups excluding carboxylic acids is 2. The SMILES string of the molecule is CC(C)(C)OC(=O)N1CCC2=C(C1=O)C(c1ccc(Cl)cc1)c1c(ccc3ccccc13)N2. The van der Waals surface area contributed by atoms with Crippen molar-refractivity contribution < 1.29 is 14.3 Å². The highest BCUT2D eigenvalue weighted by Crippen LogP contribution is 2.47. The molecule has 1 unspecified atom stereocenters. The van der Waals surface area contributed by atoms with E-state index < -0.39 is 11.7 Å². The van der Waals surface area contributed by atoms with Crippen molar-refractivity contribution in [3.8, 4) is 0 Å². The molecule has 0 spiro atoms. The Bertz CT molecular complexity index is 1310. The molecule has 1 N–H and O–H groups in total. The standard InChI is InChI=1S/C27H25ClN2O3/c1-27(2,3)33-26(32)30-15-14-21-24(25(30)31)22(17-8-11-18(28)12-9-17)23-19-7-5-4-6-16(19)10-13-20(23)29-21/h4-13,22,29H,14-15H2,1-3H3. The number of fused-ring (bicyclic) bond motifs is 3. The van der Waals surface area contributed by atoms with Crippen LogP contribution in [-0.4, -0.2) is 29.0 Å².